The number of rotatable bonds is 8. The third-order valence-electron chi connectivity index (χ3n) is 3.91. The maximum Gasteiger partial charge on any atom is 0.310 e. The summed E-state index contributed by atoms with van der Waals surface area (Å²) < 4.78 is 15.6. The first-order valence-corrected chi connectivity index (χ1v) is 8.72. The van der Waals surface area contributed by atoms with Gasteiger partial charge in [-0.2, -0.15) is 0 Å². The maximum atomic E-state index is 12.1. The molecule has 0 aliphatic carbocycles. The molecule has 1 amide bonds. The number of halogens is 1. The van der Waals surface area contributed by atoms with Crippen molar-refractivity contribution in [1.29, 1.82) is 0 Å². The Labute approximate surface area is 163 Å². The molecule has 6 nitrogen and oxygen atoms in total. The van der Waals surface area contributed by atoms with Crippen molar-refractivity contribution in [3.8, 4) is 11.5 Å². The van der Waals surface area contributed by atoms with E-state index in [1.165, 1.54) is 0 Å². The second kappa shape index (κ2) is 9.83. The third kappa shape index (κ3) is 6.18. The van der Waals surface area contributed by atoms with Crippen molar-refractivity contribution < 1.29 is 23.8 Å². The van der Waals surface area contributed by atoms with Gasteiger partial charge in [-0.25, -0.2) is 0 Å². The van der Waals surface area contributed by atoms with Crippen LogP contribution in [0.2, 0.25) is 5.02 Å². The van der Waals surface area contributed by atoms with Gasteiger partial charge in [0.15, 0.2) is 6.61 Å². The number of amides is 1. The van der Waals surface area contributed by atoms with E-state index in [0.29, 0.717) is 16.5 Å². The highest BCUT2D eigenvalue weighted by Gasteiger charge is 2.16. The van der Waals surface area contributed by atoms with Crippen LogP contribution < -0.4 is 14.8 Å². The summed E-state index contributed by atoms with van der Waals surface area (Å²) in [5.74, 6) is 0.389. The minimum absolute atomic E-state index is 0.0731. The molecule has 2 aromatic carbocycles. The third-order valence-corrected chi connectivity index (χ3v) is 4.16. The molecule has 1 N–H and O–H groups in total. The summed E-state index contributed by atoms with van der Waals surface area (Å²) in [7, 11) is 3.12. The zero-order valence-corrected chi connectivity index (χ0v) is 16.2. The van der Waals surface area contributed by atoms with Crippen LogP contribution in [0.5, 0.6) is 11.5 Å². The normalized spacial score (nSPS) is 11.4. The van der Waals surface area contributed by atoms with Gasteiger partial charge < -0.3 is 19.5 Å². The Balaban J connectivity index is 1.87. The summed E-state index contributed by atoms with van der Waals surface area (Å²) in [5, 5.41) is 3.37. The molecular formula is C20H22ClNO5. The van der Waals surface area contributed by atoms with E-state index in [4.69, 9.17) is 25.8 Å². The minimum Gasteiger partial charge on any atom is -0.497 e. The van der Waals surface area contributed by atoms with Gasteiger partial charge in [0.05, 0.1) is 26.7 Å². The monoisotopic (exact) mass is 391 g/mol. The van der Waals surface area contributed by atoms with E-state index in [9.17, 15) is 9.59 Å². The topological polar surface area (TPSA) is 73.9 Å². The van der Waals surface area contributed by atoms with Gasteiger partial charge >= 0.3 is 5.97 Å². The molecule has 0 aliphatic heterocycles. The summed E-state index contributed by atoms with van der Waals surface area (Å²) >= 11 is 5.80. The zero-order valence-electron chi connectivity index (χ0n) is 15.5. The van der Waals surface area contributed by atoms with Crippen molar-refractivity contribution in [3.05, 3.63) is 58.6 Å². The van der Waals surface area contributed by atoms with Crippen molar-refractivity contribution in [3.63, 3.8) is 0 Å². The minimum atomic E-state index is -0.487. The summed E-state index contributed by atoms with van der Waals surface area (Å²) in [6.45, 7) is 1.45. The van der Waals surface area contributed by atoms with Gasteiger partial charge in [-0.1, -0.05) is 23.7 Å². The Morgan fingerprint density at radius 3 is 2.41 bits per heavy atom. The van der Waals surface area contributed by atoms with Crippen molar-refractivity contribution >= 4 is 23.5 Å². The highest BCUT2D eigenvalue weighted by atomic mass is 35.5. The molecular weight excluding hydrogens is 370 g/mol. The van der Waals surface area contributed by atoms with Crippen LogP contribution in [0.15, 0.2) is 42.5 Å². The number of nitrogens with one attached hydrogen (secondary N) is 1. The molecule has 7 heteroatoms. The molecule has 2 rings (SSSR count). The lowest BCUT2D eigenvalue weighted by atomic mass is 10.1. The molecule has 0 aliphatic rings. The molecule has 0 saturated heterocycles. The number of carbonyl (C=O) groups excluding carboxylic acids is 2. The first-order chi connectivity index (χ1) is 12.9. The highest BCUT2D eigenvalue weighted by Crippen LogP contribution is 2.29. The Morgan fingerprint density at radius 1 is 1.07 bits per heavy atom. The van der Waals surface area contributed by atoms with E-state index in [0.717, 1.165) is 11.1 Å². The molecule has 144 valence electrons. The van der Waals surface area contributed by atoms with E-state index in [-0.39, 0.29) is 19.1 Å². The smallest absolute Gasteiger partial charge is 0.310 e. The van der Waals surface area contributed by atoms with E-state index in [2.05, 4.69) is 5.32 Å². The highest BCUT2D eigenvalue weighted by molar-refractivity contribution is 6.30. The lowest BCUT2D eigenvalue weighted by molar-refractivity contribution is -0.148. The summed E-state index contributed by atoms with van der Waals surface area (Å²) in [6, 6.07) is 11.8. The standard InChI is InChI=1S/C20H22ClNO5/c1-13(17-11-16(25-2)8-9-18(17)26-3)22-19(23)12-27-20(24)10-14-4-6-15(21)7-5-14/h4-9,11,13H,10,12H2,1-3H3,(H,22,23)/t13-/m0/s1. The number of benzene rings is 2. The lowest BCUT2D eigenvalue weighted by Crippen LogP contribution is -2.31. The Morgan fingerprint density at radius 2 is 1.78 bits per heavy atom. The predicted molar refractivity (Wildman–Crippen MR) is 102 cm³/mol. The average molecular weight is 392 g/mol. The summed E-state index contributed by atoms with van der Waals surface area (Å²) in [4.78, 5) is 24.0. The predicted octanol–water partition coefficient (Wildman–Crippen LogP) is 3.32. The van der Waals surface area contributed by atoms with Gasteiger partial charge in [0.2, 0.25) is 0 Å². The number of hydrogen-bond acceptors (Lipinski definition) is 5. The van der Waals surface area contributed by atoms with Crippen LogP contribution in [0.25, 0.3) is 0 Å². The second-order valence-electron chi connectivity index (χ2n) is 5.86. The molecule has 2 aromatic rings. The van der Waals surface area contributed by atoms with Gasteiger partial charge in [0.1, 0.15) is 11.5 Å². The van der Waals surface area contributed by atoms with Crippen LogP contribution in [0, 0.1) is 0 Å². The quantitative estimate of drug-likeness (QED) is 0.699. The van der Waals surface area contributed by atoms with Crippen molar-refractivity contribution in [1.82, 2.24) is 5.32 Å². The van der Waals surface area contributed by atoms with Gasteiger partial charge in [-0.05, 0) is 42.8 Å². The first-order valence-electron chi connectivity index (χ1n) is 8.34. The lowest BCUT2D eigenvalue weighted by Gasteiger charge is -2.18. The number of carbonyl (C=O) groups is 2. The van der Waals surface area contributed by atoms with Crippen molar-refractivity contribution in [2.75, 3.05) is 20.8 Å². The molecule has 0 radical (unpaired) electrons. The van der Waals surface area contributed by atoms with E-state index >= 15 is 0 Å². The van der Waals surface area contributed by atoms with Gasteiger partial charge in [0, 0.05) is 10.6 Å². The maximum absolute atomic E-state index is 12.1. The molecule has 0 fully saturated rings. The van der Waals surface area contributed by atoms with Crippen LogP contribution in [-0.2, 0) is 20.7 Å². The molecule has 0 bridgehead atoms. The largest absolute Gasteiger partial charge is 0.497 e. The fourth-order valence-electron chi connectivity index (χ4n) is 2.50. The molecule has 0 saturated carbocycles. The molecule has 0 unspecified atom stereocenters. The molecule has 0 spiro atoms. The van der Waals surface area contributed by atoms with Gasteiger partial charge in [0.25, 0.3) is 5.91 Å². The molecule has 27 heavy (non-hydrogen) atoms. The van der Waals surface area contributed by atoms with E-state index < -0.39 is 11.9 Å². The van der Waals surface area contributed by atoms with E-state index in [1.54, 1.807) is 56.7 Å². The Kier molecular flexibility index (Phi) is 7.49. The molecule has 0 heterocycles. The molecule has 1 atom stereocenters. The first kappa shape index (κ1) is 20.6. The van der Waals surface area contributed by atoms with Gasteiger partial charge in [-0.15, -0.1) is 0 Å². The Hall–Kier alpha value is -2.73. The number of esters is 1. The van der Waals surface area contributed by atoms with E-state index in [1.807, 2.05) is 6.92 Å². The fraction of sp³-hybridized carbons (Fsp3) is 0.300. The SMILES string of the molecule is COc1ccc(OC)c([C@H](C)NC(=O)COC(=O)Cc2ccc(Cl)cc2)c1. The second-order valence-corrected chi connectivity index (χ2v) is 6.30. The van der Waals surface area contributed by atoms with Crippen molar-refractivity contribution in [2.45, 2.75) is 19.4 Å². The molecule has 0 aromatic heterocycles. The number of ether oxygens (including phenoxy) is 3. The average Bonchev–Trinajstić information content (AvgIpc) is 2.67. The van der Waals surface area contributed by atoms with Crippen LogP contribution in [0.4, 0.5) is 0 Å². The number of methoxy groups -OCH3 is 2. The van der Waals surface area contributed by atoms with Crippen LogP contribution in [0.3, 0.4) is 0 Å². The summed E-state index contributed by atoms with van der Waals surface area (Å²) in [5.41, 5.74) is 1.52. The van der Waals surface area contributed by atoms with Crippen molar-refractivity contribution in [2.24, 2.45) is 0 Å². The summed E-state index contributed by atoms with van der Waals surface area (Å²) in [6.07, 6.45) is 0.0731. The van der Waals surface area contributed by atoms with Crippen LogP contribution in [0.1, 0.15) is 24.1 Å². The fourth-order valence-corrected chi connectivity index (χ4v) is 2.63. The zero-order chi connectivity index (χ0) is 19.8. The number of hydrogen-bond donors (Lipinski definition) is 1. The van der Waals surface area contributed by atoms with Crippen LogP contribution >= 0.6 is 11.6 Å². The van der Waals surface area contributed by atoms with Gasteiger partial charge in [-0.3, -0.25) is 9.59 Å². The Bertz CT molecular complexity index is 791. The van der Waals surface area contributed by atoms with Crippen LogP contribution in [-0.4, -0.2) is 32.7 Å².